The van der Waals surface area contributed by atoms with Crippen molar-refractivity contribution in [2.45, 2.75) is 20.0 Å². The van der Waals surface area contributed by atoms with E-state index in [2.05, 4.69) is 10.5 Å². The minimum absolute atomic E-state index is 0.324. The van der Waals surface area contributed by atoms with Crippen LogP contribution in [0, 0.1) is 0 Å². The number of hydrazone groups is 1. The molecule has 0 aliphatic heterocycles. The Kier molecular flexibility index (Phi) is 4.42. The fourth-order valence-corrected chi connectivity index (χ4v) is 1.35. The highest BCUT2D eigenvalue weighted by atomic mass is 19.4. The molecule has 0 amide bonds. The van der Waals surface area contributed by atoms with E-state index in [1.807, 2.05) is 0 Å². The van der Waals surface area contributed by atoms with Crippen molar-refractivity contribution in [1.82, 2.24) is 0 Å². The van der Waals surface area contributed by atoms with Gasteiger partial charge in [-0.2, -0.15) is 18.3 Å². The summed E-state index contributed by atoms with van der Waals surface area (Å²) in [4.78, 5) is 22.1. The lowest BCUT2D eigenvalue weighted by atomic mass is 10.2. The average Bonchev–Trinajstić information content (AvgIpc) is 2.27. The van der Waals surface area contributed by atoms with Gasteiger partial charge in [-0.25, -0.2) is 0 Å². The predicted octanol–water partition coefficient (Wildman–Crippen LogP) is 2.65. The number of benzene rings is 1. The lowest BCUT2D eigenvalue weighted by Gasteiger charge is -2.11. The second-order valence-corrected chi connectivity index (χ2v) is 3.73. The molecular weight excluding hydrogens is 261 g/mol. The van der Waals surface area contributed by atoms with Gasteiger partial charge in [0.2, 0.25) is 0 Å². The lowest BCUT2D eigenvalue weighted by molar-refractivity contribution is -0.137. The molecule has 7 heteroatoms. The third kappa shape index (κ3) is 3.90. The van der Waals surface area contributed by atoms with E-state index in [1.165, 1.54) is 12.1 Å². The van der Waals surface area contributed by atoms with Crippen molar-refractivity contribution in [3.63, 3.8) is 0 Å². The summed E-state index contributed by atoms with van der Waals surface area (Å²) in [5.74, 6) is -1.24. The van der Waals surface area contributed by atoms with Crippen LogP contribution in [-0.4, -0.2) is 17.3 Å². The van der Waals surface area contributed by atoms with Crippen LogP contribution in [0.5, 0.6) is 0 Å². The summed E-state index contributed by atoms with van der Waals surface area (Å²) in [6, 6.07) is 4.64. The molecule has 1 rings (SSSR count). The van der Waals surface area contributed by atoms with Crippen molar-refractivity contribution >= 4 is 23.0 Å². The molecule has 0 saturated heterocycles. The molecule has 0 atom stereocenters. The standard InChI is InChI=1S/C12H11F3N2O2/c1-7(18)11(8(2)19)17-16-10-6-4-3-5-9(10)12(13,14)15/h3-6,16H,1-2H3. The van der Waals surface area contributed by atoms with E-state index in [1.54, 1.807) is 0 Å². The molecule has 0 unspecified atom stereocenters. The molecule has 19 heavy (non-hydrogen) atoms. The summed E-state index contributed by atoms with van der Waals surface area (Å²) in [6.07, 6.45) is -4.55. The predicted molar refractivity (Wildman–Crippen MR) is 63.9 cm³/mol. The molecule has 0 heterocycles. The summed E-state index contributed by atoms with van der Waals surface area (Å²) in [6.45, 7) is 2.22. The normalized spacial score (nSPS) is 10.8. The van der Waals surface area contributed by atoms with E-state index in [9.17, 15) is 22.8 Å². The summed E-state index contributed by atoms with van der Waals surface area (Å²) in [5.41, 5.74) is 0.426. The van der Waals surface area contributed by atoms with E-state index in [4.69, 9.17) is 0 Å². The van der Waals surface area contributed by atoms with E-state index >= 15 is 0 Å². The fraction of sp³-hybridized carbons (Fsp3) is 0.250. The first kappa shape index (κ1) is 14.9. The highest BCUT2D eigenvalue weighted by molar-refractivity contribution is 6.65. The minimum atomic E-state index is -4.55. The zero-order chi connectivity index (χ0) is 14.6. The number of nitrogens with one attached hydrogen (secondary N) is 1. The summed E-state index contributed by atoms with van der Waals surface area (Å²) < 4.78 is 38.0. The van der Waals surface area contributed by atoms with Crippen LogP contribution in [0.1, 0.15) is 19.4 Å². The van der Waals surface area contributed by atoms with Gasteiger partial charge < -0.3 is 0 Å². The molecule has 0 aliphatic carbocycles. The Bertz CT molecular complexity index is 520. The van der Waals surface area contributed by atoms with Crippen molar-refractivity contribution in [2.24, 2.45) is 5.10 Å². The van der Waals surface area contributed by atoms with Gasteiger partial charge in [0.15, 0.2) is 17.3 Å². The SMILES string of the molecule is CC(=O)C(=NNc1ccccc1C(F)(F)F)C(C)=O. The molecule has 1 N–H and O–H groups in total. The third-order valence-electron chi connectivity index (χ3n) is 2.19. The van der Waals surface area contributed by atoms with Crippen LogP contribution in [0.25, 0.3) is 0 Å². The second kappa shape index (κ2) is 5.64. The molecule has 0 radical (unpaired) electrons. The van der Waals surface area contributed by atoms with Gasteiger partial charge in [0.05, 0.1) is 11.3 Å². The first-order chi connectivity index (χ1) is 8.73. The van der Waals surface area contributed by atoms with Gasteiger partial charge in [0.1, 0.15) is 0 Å². The van der Waals surface area contributed by atoms with E-state index in [-0.39, 0.29) is 5.69 Å². The van der Waals surface area contributed by atoms with Crippen LogP contribution in [0.15, 0.2) is 29.4 Å². The molecule has 0 aromatic heterocycles. The Morgan fingerprint density at radius 2 is 1.63 bits per heavy atom. The Balaban J connectivity index is 3.10. The number of carbonyl (C=O) groups is 2. The summed E-state index contributed by atoms with van der Waals surface area (Å²) in [5, 5.41) is 3.43. The van der Waals surface area contributed by atoms with Crippen molar-refractivity contribution in [2.75, 3.05) is 5.43 Å². The van der Waals surface area contributed by atoms with Crippen LogP contribution in [0.3, 0.4) is 0 Å². The molecule has 0 saturated carbocycles. The number of Topliss-reactive ketones (excluding diaryl/α,β-unsaturated/α-hetero) is 2. The monoisotopic (exact) mass is 272 g/mol. The first-order valence-corrected chi connectivity index (χ1v) is 5.25. The maximum Gasteiger partial charge on any atom is 0.418 e. The van der Waals surface area contributed by atoms with Crippen molar-refractivity contribution in [1.29, 1.82) is 0 Å². The van der Waals surface area contributed by atoms with Gasteiger partial charge in [0, 0.05) is 13.8 Å². The van der Waals surface area contributed by atoms with Gasteiger partial charge in [-0.3, -0.25) is 15.0 Å². The molecule has 102 valence electrons. The topological polar surface area (TPSA) is 58.5 Å². The van der Waals surface area contributed by atoms with Crippen LogP contribution in [-0.2, 0) is 15.8 Å². The number of hydrogen-bond acceptors (Lipinski definition) is 4. The molecule has 1 aromatic carbocycles. The number of halogens is 3. The fourth-order valence-electron chi connectivity index (χ4n) is 1.35. The average molecular weight is 272 g/mol. The van der Waals surface area contributed by atoms with Crippen LogP contribution in [0.4, 0.5) is 18.9 Å². The number of nitrogens with zero attached hydrogens (tertiary/aromatic N) is 1. The number of ketones is 2. The summed E-state index contributed by atoms with van der Waals surface area (Å²) in [7, 11) is 0. The number of para-hydroxylation sites is 1. The lowest BCUT2D eigenvalue weighted by Crippen LogP contribution is -2.21. The smallest absolute Gasteiger partial charge is 0.293 e. The molecule has 0 bridgehead atoms. The maximum absolute atomic E-state index is 12.7. The second-order valence-electron chi connectivity index (χ2n) is 3.73. The highest BCUT2D eigenvalue weighted by Crippen LogP contribution is 2.34. The maximum atomic E-state index is 12.7. The van der Waals surface area contributed by atoms with Gasteiger partial charge in [0.25, 0.3) is 0 Å². The highest BCUT2D eigenvalue weighted by Gasteiger charge is 2.33. The minimum Gasteiger partial charge on any atom is -0.293 e. The molecule has 0 aliphatic rings. The molecule has 4 nitrogen and oxygen atoms in total. The Morgan fingerprint density at radius 1 is 1.11 bits per heavy atom. The molecule has 0 spiro atoms. The zero-order valence-electron chi connectivity index (χ0n) is 10.2. The molecule has 0 fully saturated rings. The van der Waals surface area contributed by atoms with Gasteiger partial charge in [-0.15, -0.1) is 0 Å². The number of hydrogen-bond donors (Lipinski definition) is 1. The quantitative estimate of drug-likeness (QED) is 0.520. The third-order valence-corrected chi connectivity index (χ3v) is 2.19. The molecule has 1 aromatic rings. The first-order valence-electron chi connectivity index (χ1n) is 5.25. The number of anilines is 1. The van der Waals surface area contributed by atoms with Crippen molar-refractivity contribution < 1.29 is 22.8 Å². The van der Waals surface area contributed by atoms with Crippen LogP contribution < -0.4 is 5.43 Å². The number of rotatable bonds is 4. The molecular formula is C12H11F3N2O2. The van der Waals surface area contributed by atoms with E-state index in [0.717, 1.165) is 26.0 Å². The van der Waals surface area contributed by atoms with Crippen LogP contribution >= 0.6 is 0 Å². The van der Waals surface area contributed by atoms with E-state index in [0.29, 0.717) is 0 Å². The summed E-state index contributed by atoms with van der Waals surface area (Å²) >= 11 is 0. The zero-order valence-corrected chi connectivity index (χ0v) is 10.2. The number of alkyl halides is 3. The Labute approximate surface area is 107 Å². The Hall–Kier alpha value is -2.18. The van der Waals surface area contributed by atoms with Gasteiger partial charge in [-0.1, -0.05) is 12.1 Å². The largest absolute Gasteiger partial charge is 0.418 e. The van der Waals surface area contributed by atoms with Gasteiger partial charge in [-0.05, 0) is 12.1 Å². The van der Waals surface area contributed by atoms with E-state index < -0.39 is 29.0 Å². The van der Waals surface area contributed by atoms with Crippen molar-refractivity contribution in [3.05, 3.63) is 29.8 Å². The van der Waals surface area contributed by atoms with Gasteiger partial charge >= 0.3 is 6.18 Å². The van der Waals surface area contributed by atoms with Crippen molar-refractivity contribution in [3.8, 4) is 0 Å². The Morgan fingerprint density at radius 3 is 2.11 bits per heavy atom. The van der Waals surface area contributed by atoms with Crippen LogP contribution in [0.2, 0.25) is 0 Å². The number of carbonyl (C=O) groups excluding carboxylic acids is 2.